The van der Waals surface area contributed by atoms with Crippen molar-refractivity contribution in [3.8, 4) is 11.4 Å². The average molecular weight is 295 g/mol. The van der Waals surface area contributed by atoms with Gasteiger partial charge in [0.15, 0.2) is 5.75 Å². The molecule has 22 heavy (non-hydrogen) atoms. The first kappa shape index (κ1) is 12.8. The topological polar surface area (TPSA) is 77.2 Å². The quantitative estimate of drug-likeness (QED) is 0.750. The number of fused-ring (bicyclic) bond motifs is 1. The molecule has 1 aromatic carbocycles. The zero-order chi connectivity index (χ0) is 15.1. The minimum absolute atomic E-state index is 0.295. The second-order valence-electron chi connectivity index (χ2n) is 5.30. The highest BCUT2D eigenvalue weighted by Gasteiger charge is 2.32. The van der Waals surface area contributed by atoms with Crippen molar-refractivity contribution in [3.05, 3.63) is 48.4 Å². The Kier molecular flexibility index (Phi) is 2.82. The fourth-order valence-electron chi connectivity index (χ4n) is 2.71. The normalized spacial score (nSPS) is 14.2. The molecule has 0 aliphatic heterocycles. The molecule has 0 bridgehead atoms. The summed E-state index contributed by atoms with van der Waals surface area (Å²) in [4.78, 5) is 15.2. The lowest BCUT2D eigenvalue weighted by Crippen LogP contribution is -2.07. The highest BCUT2D eigenvalue weighted by Crippen LogP contribution is 2.45. The molecule has 2 aromatic heterocycles. The summed E-state index contributed by atoms with van der Waals surface area (Å²) in [5.41, 5.74) is 2.57. The summed E-state index contributed by atoms with van der Waals surface area (Å²) in [5.74, 6) is 0.611. The Balaban J connectivity index is 1.91. The van der Waals surface area contributed by atoms with Crippen LogP contribution >= 0.6 is 0 Å². The molecule has 4 rings (SSSR count). The molecule has 0 unspecified atom stereocenters. The molecule has 1 aliphatic carbocycles. The minimum atomic E-state index is -1.32. The first-order valence-electron chi connectivity index (χ1n) is 7.07. The van der Waals surface area contributed by atoms with E-state index in [0.29, 0.717) is 11.7 Å². The summed E-state index contributed by atoms with van der Waals surface area (Å²) in [6.45, 7) is 0. The van der Waals surface area contributed by atoms with Crippen LogP contribution in [-0.2, 0) is 0 Å². The van der Waals surface area contributed by atoms with Crippen LogP contribution in [0.1, 0.15) is 24.5 Å². The second-order valence-corrected chi connectivity index (χ2v) is 5.30. The van der Waals surface area contributed by atoms with Crippen molar-refractivity contribution < 1.29 is 14.6 Å². The maximum Gasteiger partial charge on any atom is 0.511 e. The van der Waals surface area contributed by atoms with Crippen molar-refractivity contribution in [3.63, 3.8) is 0 Å². The number of nitrogens with zero attached hydrogens (tertiary/aromatic N) is 3. The van der Waals surface area contributed by atoms with Gasteiger partial charge in [-0.05, 0) is 37.1 Å². The summed E-state index contributed by atoms with van der Waals surface area (Å²) in [6.07, 6.45) is 3.93. The third-order valence-electron chi connectivity index (χ3n) is 3.78. The van der Waals surface area contributed by atoms with Crippen LogP contribution < -0.4 is 4.74 Å². The molecule has 1 saturated carbocycles. The zero-order valence-electron chi connectivity index (χ0n) is 11.6. The highest BCUT2D eigenvalue weighted by atomic mass is 16.7. The third-order valence-corrected chi connectivity index (χ3v) is 3.78. The van der Waals surface area contributed by atoms with Gasteiger partial charge < -0.3 is 9.84 Å². The number of pyridine rings is 1. The fourth-order valence-corrected chi connectivity index (χ4v) is 2.71. The lowest BCUT2D eigenvalue weighted by atomic mass is 10.1. The minimum Gasteiger partial charge on any atom is -0.449 e. The van der Waals surface area contributed by atoms with E-state index in [9.17, 15) is 4.79 Å². The Morgan fingerprint density at radius 1 is 1.27 bits per heavy atom. The van der Waals surface area contributed by atoms with E-state index in [1.54, 1.807) is 10.9 Å². The van der Waals surface area contributed by atoms with Gasteiger partial charge in [0.2, 0.25) is 0 Å². The maximum atomic E-state index is 10.9. The molecule has 1 N–H and O–H groups in total. The van der Waals surface area contributed by atoms with Crippen molar-refractivity contribution in [2.45, 2.75) is 18.8 Å². The van der Waals surface area contributed by atoms with Gasteiger partial charge in [-0.1, -0.05) is 6.07 Å². The van der Waals surface area contributed by atoms with Gasteiger partial charge in [0.05, 0.1) is 23.1 Å². The van der Waals surface area contributed by atoms with Gasteiger partial charge in [-0.2, -0.15) is 5.10 Å². The lowest BCUT2D eigenvalue weighted by Gasteiger charge is -2.10. The molecule has 1 aliphatic rings. The zero-order valence-corrected chi connectivity index (χ0v) is 11.6. The predicted octanol–water partition coefficient (Wildman–Crippen LogP) is 3.35. The van der Waals surface area contributed by atoms with Gasteiger partial charge in [0, 0.05) is 17.5 Å². The molecule has 2 heterocycles. The van der Waals surface area contributed by atoms with Gasteiger partial charge in [-0.3, -0.25) is 4.98 Å². The maximum absolute atomic E-state index is 10.9. The van der Waals surface area contributed by atoms with Gasteiger partial charge in [-0.25, -0.2) is 9.48 Å². The van der Waals surface area contributed by atoms with Crippen LogP contribution in [0.3, 0.4) is 0 Å². The van der Waals surface area contributed by atoms with Crippen molar-refractivity contribution in [2.75, 3.05) is 0 Å². The Morgan fingerprint density at radius 2 is 2.14 bits per heavy atom. The molecular formula is C16H13N3O3. The molecule has 1 fully saturated rings. The number of ether oxygens (including phenoxy) is 1. The first-order chi connectivity index (χ1) is 10.7. The molecule has 0 radical (unpaired) electrons. The SMILES string of the molecule is O=C(O)Oc1cnn(-c2cccc3ncccc23)c1C1CC1. The highest BCUT2D eigenvalue weighted by molar-refractivity contribution is 5.87. The van der Waals surface area contributed by atoms with E-state index in [1.807, 2.05) is 30.3 Å². The summed E-state index contributed by atoms with van der Waals surface area (Å²) >= 11 is 0. The van der Waals surface area contributed by atoms with Crippen LogP contribution in [0.5, 0.6) is 5.75 Å². The number of carbonyl (C=O) groups is 1. The van der Waals surface area contributed by atoms with E-state index in [0.717, 1.165) is 35.1 Å². The fraction of sp³-hybridized carbons (Fsp3) is 0.188. The Morgan fingerprint density at radius 3 is 2.91 bits per heavy atom. The van der Waals surface area contributed by atoms with Crippen molar-refractivity contribution in [1.82, 2.24) is 14.8 Å². The van der Waals surface area contributed by atoms with Crippen molar-refractivity contribution in [2.24, 2.45) is 0 Å². The smallest absolute Gasteiger partial charge is 0.449 e. The molecule has 0 spiro atoms. The van der Waals surface area contributed by atoms with Crippen LogP contribution in [0.15, 0.2) is 42.7 Å². The number of carboxylic acid groups (broad SMARTS) is 1. The predicted molar refractivity (Wildman–Crippen MR) is 79.5 cm³/mol. The van der Waals surface area contributed by atoms with E-state index in [4.69, 9.17) is 9.84 Å². The first-order valence-corrected chi connectivity index (χ1v) is 7.07. The summed E-state index contributed by atoms with van der Waals surface area (Å²) < 4.78 is 6.66. The van der Waals surface area contributed by atoms with Crippen LogP contribution in [-0.4, -0.2) is 26.0 Å². The molecular weight excluding hydrogens is 282 g/mol. The van der Waals surface area contributed by atoms with E-state index in [2.05, 4.69) is 10.1 Å². The van der Waals surface area contributed by atoms with Crippen LogP contribution in [0, 0.1) is 0 Å². The molecule has 6 heteroatoms. The van der Waals surface area contributed by atoms with E-state index in [-0.39, 0.29) is 0 Å². The van der Waals surface area contributed by atoms with Gasteiger partial charge in [-0.15, -0.1) is 0 Å². The molecule has 3 aromatic rings. The number of benzene rings is 1. The Bertz CT molecular complexity index is 863. The van der Waals surface area contributed by atoms with E-state index >= 15 is 0 Å². The molecule has 0 saturated heterocycles. The van der Waals surface area contributed by atoms with Crippen LogP contribution in [0.2, 0.25) is 0 Å². The number of hydrogen-bond donors (Lipinski definition) is 1. The Labute approximate surface area is 126 Å². The second kappa shape index (κ2) is 4.84. The molecule has 6 nitrogen and oxygen atoms in total. The monoisotopic (exact) mass is 295 g/mol. The average Bonchev–Trinajstić information content (AvgIpc) is 3.28. The molecule has 0 amide bonds. The summed E-state index contributed by atoms with van der Waals surface area (Å²) in [5, 5.41) is 14.2. The molecule has 0 atom stereocenters. The van der Waals surface area contributed by atoms with Gasteiger partial charge in [0.25, 0.3) is 0 Å². The summed E-state index contributed by atoms with van der Waals surface area (Å²) in [7, 11) is 0. The number of aromatic nitrogens is 3. The largest absolute Gasteiger partial charge is 0.511 e. The van der Waals surface area contributed by atoms with Crippen molar-refractivity contribution >= 4 is 17.1 Å². The lowest BCUT2D eigenvalue weighted by molar-refractivity contribution is 0.144. The van der Waals surface area contributed by atoms with Crippen LogP contribution in [0.25, 0.3) is 16.6 Å². The van der Waals surface area contributed by atoms with E-state index < -0.39 is 6.16 Å². The van der Waals surface area contributed by atoms with E-state index in [1.165, 1.54) is 6.20 Å². The summed E-state index contributed by atoms with van der Waals surface area (Å²) in [6, 6.07) is 9.66. The number of hydrogen-bond acceptors (Lipinski definition) is 4. The Hall–Kier alpha value is -2.89. The van der Waals surface area contributed by atoms with Crippen molar-refractivity contribution in [1.29, 1.82) is 0 Å². The third kappa shape index (κ3) is 2.09. The standard InChI is InChI=1S/C16H13N3O3/c20-16(21)22-14-9-18-19(15(14)10-6-7-10)13-5-1-4-12-11(13)3-2-8-17-12/h1-5,8-10H,6-7H2,(H,20,21). The molecule has 110 valence electrons. The van der Waals surface area contributed by atoms with Crippen LogP contribution in [0.4, 0.5) is 4.79 Å². The number of rotatable bonds is 3. The van der Waals surface area contributed by atoms with Gasteiger partial charge in [0.1, 0.15) is 0 Å². The van der Waals surface area contributed by atoms with Gasteiger partial charge >= 0.3 is 6.16 Å².